The van der Waals surface area contributed by atoms with Crippen LogP contribution in [0.1, 0.15) is 11.3 Å². The van der Waals surface area contributed by atoms with Crippen molar-refractivity contribution >= 4 is 34.1 Å². The van der Waals surface area contributed by atoms with Gasteiger partial charge in [0.1, 0.15) is 0 Å². The summed E-state index contributed by atoms with van der Waals surface area (Å²) in [6.45, 7) is 5.55. The van der Waals surface area contributed by atoms with Crippen LogP contribution in [0.4, 0.5) is 0 Å². The lowest BCUT2D eigenvalue weighted by atomic mass is 10.1. The highest BCUT2D eigenvalue weighted by molar-refractivity contribution is 7.99. The molecule has 0 atom stereocenters. The third-order valence-electron chi connectivity index (χ3n) is 6.01. The van der Waals surface area contributed by atoms with Crippen LogP contribution in [0.3, 0.4) is 0 Å². The number of benzene rings is 3. The maximum atomic E-state index is 6.66. The highest BCUT2D eigenvalue weighted by atomic mass is 35.5. The molecule has 0 N–H and O–H groups in total. The smallest absolute Gasteiger partial charge is 0.0549 e. The fraction of sp³-hybridized carbons (Fsp3) is 0.231. The maximum absolute atomic E-state index is 6.66. The molecule has 0 unspecified atom stereocenters. The van der Waals surface area contributed by atoms with Crippen LogP contribution in [0, 0.1) is 6.92 Å². The van der Waals surface area contributed by atoms with Gasteiger partial charge in [0.15, 0.2) is 0 Å². The lowest BCUT2D eigenvalue weighted by molar-refractivity contribution is 0.294. The predicted molar refractivity (Wildman–Crippen MR) is 131 cm³/mol. The molecule has 0 radical (unpaired) electrons. The van der Waals surface area contributed by atoms with E-state index in [9.17, 15) is 0 Å². The molecule has 4 aromatic rings. The summed E-state index contributed by atoms with van der Waals surface area (Å²) in [5, 5.41) is 3.30. The van der Waals surface area contributed by atoms with Gasteiger partial charge in [-0.25, -0.2) is 0 Å². The van der Waals surface area contributed by atoms with Crippen LogP contribution in [-0.4, -0.2) is 34.1 Å². The van der Waals surface area contributed by atoms with E-state index < -0.39 is 0 Å². The molecule has 1 fully saturated rings. The molecule has 0 aliphatic carbocycles. The Labute approximate surface area is 187 Å². The summed E-state index contributed by atoms with van der Waals surface area (Å²) in [5.74, 6) is 2.45. The molecule has 0 bridgehead atoms. The third kappa shape index (κ3) is 3.66. The minimum absolute atomic E-state index is 0.789. The van der Waals surface area contributed by atoms with Gasteiger partial charge in [0.05, 0.1) is 11.4 Å². The Hall–Kier alpha value is -2.20. The van der Waals surface area contributed by atoms with E-state index in [0.29, 0.717) is 0 Å². The molecule has 2 heterocycles. The minimum Gasteiger partial charge on any atom is -0.313 e. The summed E-state index contributed by atoms with van der Waals surface area (Å²) < 4.78 is 2.40. The van der Waals surface area contributed by atoms with Gasteiger partial charge in [-0.3, -0.25) is 4.90 Å². The van der Waals surface area contributed by atoms with Crippen LogP contribution >= 0.6 is 23.4 Å². The van der Waals surface area contributed by atoms with Crippen molar-refractivity contribution in [1.82, 2.24) is 9.47 Å². The largest absolute Gasteiger partial charge is 0.313 e. The molecule has 0 spiro atoms. The van der Waals surface area contributed by atoms with Crippen LogP contribution in [0.25, 0.3) is 27.7 Å². The zero-order valence-electron chi connectivity index (χ0n) is 17.1. The fourth-order valence-electron chi connectivity index (χ4n) is 4.40. The van der Waals surface area contributed by atoms with Crippen molar-refractivity contribution in [3.8, 4) is 16.9 Å². The monoisotopic (exact) mass is 432 g/mol. The third-order valence-corrected chi connectivity index (χ3v) is 7.28. The molecule has 1 aliphatic heterocycles. The number of rotatable bonds is 4. The Morgan fingerprint density at radius 3 is 2.47 bits per heavy atom. The summed E-state index contributed by atoms with van der Waals surface area (Å²) in [5.41, 5.74) is 6.12. The highest BCUT2D eigenvalue weighted by Crippen LogP contribution is 2.36. The summed E-state index contributed by atoms with van der Waals surface area (Å²) >= 11 is 8.72. The molecule has 1 saturated heterocycles. The average Bonchev–Trinajstić information content (AvgIpc) is 3.10. The number of hydrogen-bond donors (Lipinski definition) is 0. The summed E-state index contributed by atoms with van der Waals surface area (Å²) in [6, 6.07) is 25.7. The molecule has 1 aliphatic rings. The van der Waals surface area contributed by atoms with Gasteiger partial charge in [-0.05, 0) is 36.1 Å². The number of halogens is 1. The molecular weight excluding hydrogens is 408 g/mol. The van der Waals surface area contributed by atoms with E-state index in [4.69, 9.17) is 11.6 Å². The second kappa shape index (κ2) is 8.50. The Morgan fingerprint density at radius 1 is 0.900 bits per heavy atom. The van der Waals surface area contributed by atoms with Crippen LogP contribution in [0.2, 0.25) is 5.02 Å². The molecule has 2 nitrogen and oxygen atoms in total. The Morgan fingerprint density at radius 2 is 1.63 bits per heavy atom. The quantitative estimate of drug-likeness (QED) is 0.350. The molecule has 152 valence electrons. The fourth-order valence-corrected chi connectivity index (χ4v) is 5.61. The van der Waals surface area contributed by atoms with Crippen LogP contribution in [0.5, 0.6) is 0 Å². The van der Waals surface area contributed by atoms with Gasteiger partial charge in [0.25, 0.3) is 0 Å². The second-order valence-corrected chi connectivity index (χ2v) is 9.47. The van der Waals surface area contributed by atoms with Gasteiger partial charge in [0.2, 0.25) is 0 Å². The molecule has 5 rings (SSSR count). The molecule has 30 heavy (non-hydrogen) atoms. The Kier molecular flexibility index (Phi) is 5.60. The number of fused-ring (bicyclic) bond motifs is 1. The van der Waals surface area contributed by atoms with E-state index in [2.05, 4.69) is 88.8 Å². The zero-order valence-corrected chi connectivity index (χ0v) is 18.7. The van der Waals surface area contributed by atoms with E-state index in [1.807, 2.05) is 12.1 Å². The topological polar surface area (TPSA) is 8.17 Å². The van der Waals surface area contributed by atoms with Crippen molar-refractivity contribution < 1.29 is 0 Å². The number of aromatic nitrogens is 1. The molecule has 3 aromatic carbocycles. The van der Waals surface area contributed by atoms with Crippen molar-refractivity contribution in [2.45, 2.75) is 13.5 Å². The van der Waals surface area contributed by atoms with E-state index in [1.54, 1.807) is 0 Å². The van der Waals surface area contributed by atoms with Crippen molar-refractivity contribution in [3.05, 3.63) is 89.1 Å². The zero-order chi connectivity index (χ0) is 20.5. The molecule has 1 aromatic heterocycles. The van der Waals surface area contributed by atoms with Gasteiger partial charge < -0.3 is 4.57 Å². The van der Waals surface area contributed by atoms with Crippen molar-refractivity contribution in [1.29, 1.82) is 0 Å². The standard InChI is InChI=1S/C26H25ClN2S/c1-19-21(18-28-13-15-30-16-14-28)17-26(23-10-4-5-11-24(23)27)29(19)25-12-6-8-20-7-2-3-9-22(20)25/h2-12,17H,13-16,18H2,1H3. The van der Waals surface area contributed by atoms with Gasteiger partial charge >= 0.3 is 0 Å². The number of nitrogens with zero attached hydrogens (tertiary/aromatic N) is 2. The number of thioether (sulfide) groups is 1. The van der Waals surface area contributed by atoms with E-state index >= 15 is 0 Å². The van der Waals surface area contributed by atoms with Gasteiger partial charge in [-0.15, -0.1) is 0 Å². The first kappa shape index (κ1) is 19.7. The van der Waals surface area contributed by atoms with Crippen molar-refractivity contribution in [3.63, 3.8) is 0 Å². The number of hydrogen-bond acceptors (Lipinski definition) is 2. The SMILES string of the molecule is Cc1c(CN2CCSCC2)cc(-c2ccccc2Cl)n1-c1cccc2ccccc12. The van der Waals surface area contributed by atoms with Crippen LogP contribution in [-0.2, 0) is 6.54 Å². The normalized spacial score (nSPS) is 15.0. The van der Waals surface area contributed by atoms with Crippen molar-refractivity contribution in [2.75, 3.05) is 24.6 Å². The summed E-state index contributed by atoms with van der Waals surface area (Å²) in [6.07, 6.45) is 0. The van der Waals surface area contributed by atoms with Gasteiger partial charge in [-0.1, -0.05) is 66.2 Å². The average molecular weight is 433 g/mol. The lowest BCUT2D eigenvalue weighted by Crippen LogP contribution is -2.32. The summed E-state index contributed by atoms with van der Waals surface area (Å²) in [7, 11) is 0. The van der Waals surface area contributed by atoms with Gasteiger partial charge in [-0.2, -0.15) is 11.8 Å². The second-order valence-electron chi connectivity index (χ2n) is 7.84. The first-order valence-electron chi connectivity index (χ1n) is 10.5. The Bertz CT molecular complexity index is 1190. The molecular formula is C26H25ClN2S. The van der Waals surface area contributed by atoms with Crippen LogP contribution < -0.4 is 0 Å². The highest BCUT2D eigenvalue weighted by Gasteiger charge is 2.20. The molecule has 4 heteroatoms. The van der Waals surface area contributed by atoms with E-state index in [0.717, 1.165) is 35.9 Å². The minimum atomic E-state index is 0.789. The van der Waals surface area contributed by atoms with Crippen molar-refractivity contribution in [2.24, 2.45) is 0 Å². The van der Waals surface area contributed by atoms with Gasteiger partial charge in [0, 0.05) is 52.8 Å². The first-order chi connectivity index (χ1) is 14.7. The maximum Gasteiger partial charge on any atom is 0.0549 e. The molecule has 0 saturated carbocycles. The predicted octanol–water partition coefficient (Wildman–Crippen LogP) is 6.81. The molecule has 0 amide bonds. The summed E-state index contributed by atoms with van der Waals surface area (Å²) in [4.78, 5) is 2.57. The van der Waals surface area contributed by atoms with E-state index in [-0.39, 0.29) is 0 Å². The van der Waals surface area contributed by atoms with Crippen LogP contribution in [0.15, 0.2) is 72.8 Å². The lowest BCUT2D eigenvalue weighted by Gasteiger charge is -2.26. The van der Waals surface area contributed by atoms with E-state index in [1.165, 1.54) is 39.2 Å². The Balaban J connectivity index is 1.71. The first-order valence-corrected chi connectivity index (χ1v) is 12.0.